The van der Waals surface area contributed by atoms with Gasteiger partial charge in [-0.25, -0.2) is 8.42 Å². The van der Waals surface area contributed by atoms with Crippen LogP contribution in [0, 0.1) is 27.4 Å². The Bertz CT molecular complexity index is 637. The minimum absolute atomic E-state index is 0.175. The van der Waals surface area contributed by atoms with E-state index in [1.54, 1.807) is 13.0 Å². The largest absolute Gasteiger partial charge is 0.270 e. The standard InChI is InChI=1S/C11H11ClN2O4S/c1-8(5-12)7-19(17,18)11-3-2-10(14(15)16)4-9(11)6-13/h2-4,8H,5,7H2,1H3. The molecule has 6 nitrogen and oxygen atoms in total. The second-order valence-electron chi connectivity index (χ2n) is 4.09. The van der Waals surface area contributed by atoms with Crippen LogP contribution in [0.25, 0.3) is 0 Å². The molecule has 0 radical (unpaired) electrons. The number of sulfone groups is 1. The number of benzene rings is 1. The number of non-ortho nitro benzene ring substituents is 1. The van der Waals surface area contributed by atoms with E-state index in [4.69, 9.17) is 16.9 Å². The Morgan fingerprint density at radius 2 is 2.16 bits per heavy atom. The molecule has 1 aromatic carbocycles. The van der Waals surface area contributed by atoms with Gasteiger partial charge in [0.2, 0.25) is 0 Å². The monoisotopic (exact) mass is 302 g/mol. The van der Waals surface area contributed by atoms with Crippen LogP contribution in [0.4, 0.5) is 5.69 Å². The highest BCUT2D eigenvalue weighted by atomic mass is 35.5. The molecule has 0 saturated heterocycles. The van der Waals surface area contributed by atoms with E-state index in [0.29, 0.717) is 0 Å². The van der Waals surface area contributed by atoms with Crippen LogP contribution < -0.4 is 0 Å². The minimum Gasteiger partial charge on any atom is -0.258 e. The quantitative estimate of drug-likeness (QED) is 0.471. The van der Waals surface area contributed by atoms with E-state index in [9.17, 15) is 18.5 Å². The molecular formula is C11H11ClN2O4S. The second-order valence-corrected chi connectivity index (χ2v) is 6.40. The molecule has 19 heavy (non-hydrogen) atoms. The lowest BCUT2D eigenvalue weighted by molar-refractivity contribution is -0.384. The first-order chi connectivity index (χ1) is 8.81. The number of alkyl halides is 1. The topological polar surface area (TPSA) is 101 Å². The van der Waals surface area contributed by atoms with Gasteiger partial charge in [-0.05, 0) is 12.0 Å². The summed E-state index contributed by atoms with van der Waals surface area (Å²) in [6, 6.07) is 4.79. The Labute approximate surface area is 115 Å². The van der Waals surface area contributed by atoms with E-state index in [1.807, 2.05) is 0 Å². The van der Waals surface area contributed by atoms with E-state index in [-0.39, 0.29) is 33.7 Å². The smallest absolute Gasteiger partial charge is 0.258 e. The molecule has 0 N–H and O–H groups in total. The van der Waals surface area contributed by atoms with Crippen molar-refractivity contribution in [3.63, 3.8) is 0 Å². The van der Waals surface area contributed by atoms with Gasteiger partial charge in [-0.1, -0.05) is 6.92 Å². The van der Waals surface area contributed by atoms with Crippen molar-refractivity contribution in [3.8, 4) is 6.07 Å². The van der Waals surface area contributed by atoms with Crippen LogP contribution in [-0.2, 0) is 9.84 Å². The number of rotatable bonds is 5. The average molecular weight is 303 g/mol. The van der Waals surface area contributed by atoms with Gasteiger partial charge in [-0.2, -0.15) is 5.26 Å². The van der Waals surface area contributed by atoms with Crippen LogP contribution in [0.2, 0.25) is 0 Å². The lowest BCUT2D eigenvalue weighted by Gasteiger charge is -2.09. The number of hydrogen-bond acceptors (Lipinski definition) is 5. The lowest BCUT2D eigenvalue weighted by atomic mass is 10.2. The molecule has 0 bridgehead atoms. The third-order valence-electron chi connectivity index (χ3n) is 2.40. The first-order valence-electron chi connectivity index (χ1n) is 5.29. The van der Waals surface area contributed by atoms with Crippen LogP contribution in [-0.4, -0.2) is 25.0 Å². The molecule has 0 aromatic heterocycles. The van der Waals surface area contributed by atoms with E-state index in [2.05, 4.69) is 0 Å². The second kappa shape index (κ2) is 5.99. The van der Waals surface area contributed by atoms with Crippen LogP contribution in [0.3, 0.4) is 0 Å². The van der Waals surface area contributed by atoms with Gasteiger partial charge in [0.15, 0.2) is 9.84 Å². The Morgan fingerprint density at radius 1 is 1.53 bits per heavy atom. The van der Waals surface area contributed by atoms with Crippen molar-refractivity contribution >= 4 is 27.1 Å². The van der Waals surface area contributed by atoms with Gasteiger partial charge < -0.3 is 0 Å². The van der Waals surface area contributed by atoms with Crippen LogP contribution in [0.1, 0.15) is 12.5 Å². The Morgan fingerprint density at radius 3 is 2.63 bits per heavy atom. The molecule has 1 atom stereocenters. The van der Waals surface area contributed by atoms with Crippen LogP contribution in [0.5, 0.6) is 0 Å². The first-order valence-corrected chi connectivity index (χ1v) is 7.47. The third kappa shape index (κ3) is 3.66. The highest BCUT2D eigenvalue weighted by Gasteiger charge is 2.23. The van der Waals surface area contributed by atoms with E-state index >= 15 is 0 Å². The summed E-state index contributed by atoms with van der Waals surface area (Å²) in [4.78, 5) is 9.70. The molecule has 8 heteroatoms. The SMILES string of the molecule is CC(CCl)CS(=O)(=O)c1ccc([N+](=O)[O-])cc1C#N. The molecule has 0 heterocycles. The summed E-state index contributed by atoms with van der Waals surface area (Å²) in [5, 5.41) is 19.5. The van der Waals surface area contributed by atoms with E-state index < -0.39 is 14.8 Å². The molecule has 0 saturated carbocycles. The summed E-state index contributed by atoms with van der Waals surface area (Å²) >= 11 is 5.57. The maximum absolute atomic E-state index is 12.1. The van der Waals surface area contributed by atoms with E-state index in [0.717, 1.165) is 18.2 Å². The molecule has 0 spiro atoms. The van der Waals surface area contributed by atoms with Crippen molar-refractivity contribution in [2.45, 2.75) is 11.8 Å². The van der Waals surface area contributed by atoms with Crippen molar-refractivity contribution in [1.29, 1.82) is 5.26 Å². The number of nitro benzene ring substituents is 1. The van der Waals surface area contributed by atoms with Crippen molar-refractivity contribution in [2.75, 3.05) is 11.6 Å². The number of hydrogen-bond donors (Lipinski definition) is 0. The Hall–Kier alpha value is -1.65. The molecule has 1 unspecified atom stereocenters. The van der Waals surface area contributed by atoms with Gasteiger partial charge >= 0.3 is 0 Å². The van der Waals surface area contributed by atoms with Gasteiger partial charge in [0.25, 0.3) is 5.69 Å². The van der Waals surface area contributed by atoms with Crippen molar-refractivity contribution < 1.29 is 13.3 Å². The van der Waals surface area contributed by atoms with Gasteiger partial charge in [-0.3, -0.25) is 10.1 Å². The number of nitrogens with zero attached hydrogens (tertiary/aromatic N) is 2. The van der Waals surface area contributed by atoms with Crippen molar-refractivity contribution in [2.24, 2.45) is 5.92 Å². The molecule has 0 aliphatic heterocycles. The fourth-order valence-electron chi connectivity index (χ4n) is 1.50. The summed E-state index contributed by atoms with van der Waals surface area (Å²) in [5.41, 5.74) is -0.545. The minimum atomic E-state index is -3.69. The molecule has 1 aromatic rings. The zero-order valence-electron chi connectivity index (χ0n) is 10.0. The zero-order valence-corrected chi connectivity index (χ0v) is 11.6. The zero-order chi connectivity index (χ0) is 14.6. The maximum Gasteiger partial charge on any atom is 0.270 e. The third-order valence-corrected chi connectivity index (χ3v) is 4.96. The Balaban J connectivity index is 3.28. The fourth-order valence-corrected chi connectivity index (χ4v) is 3.50. The Kier molecular flexibility index (Phi) is 4.86. The molecule has 0 amide bonds. The number of nitro groups is 1. The van der Waals surface area contributed by atoms with Gasteiger partial charge in [-0.15, -0.1) is 11.6 Å². The molecule has 0 fully saturated rings. The molecule has 0 aliphatic rings. The highest BCUT2D eigenvalue weighted by molar-refractivity contribution is 7.91. The lowest BCUT2D eigenvalue weighted by Crippen LogP contribution is -2.16. The van der Waals surface area contributed by atoms with Crippen molar-refractivity contribution in [1.82, 2.24) is 0 Å². The van der Waals surface area contributed by atoms with Crippen LogP contribution in [0.15, 0.2) is 23.1 Å². The number of halogens is 1. The first kappa shape index (κ1) is 15.4. The molecule has 1 rings (SSSR count). The summed E-state index contributed by atoms with van der Waals surface area (Å²) in [7, 11) is -3.69. The summed E-state index contributed by atoms with van der Waals surface area (Å²) in [6.07, 6.45) is 0. The van der Waals surface area contributed by atoms with Crippen molar-refractivity contribution in [3.05, 3.63) is 33.9 Å². The predicted octanol–water partition coefficient (Wildman–Crippen LogP) is 2.12. The summed E-state index contributed by atoms with van der Waals surface area (Å²) < 4.78 is 24.2. The molecule has 0 aliphatic carbocycles. The molecular weight excluding hydrogens is 292 g/mol. The van der Waals surface area contributed by atoms with Gasteiger partial charge in [0, 0.05) is 18.0 Å². The summed E-state index contributed by atoms with van der Waals surface area (Å²) in [5.74, 6) is -0.301. The van der Waals surface area contributed by atoms with E-state index in [1.165, 1.54) is 0 Å². The van der Waals surface area contributed by atoms with Crippen LogP contribution >= 0.6 is 11.6 Å². The number of nitriles is 1. The van der Waals surface area contributed by atoms with Gasteiger partial charge in [0.1, 0.15) is 6.07 Å². The maximum atomic E-state index is 12.1. The normalized spacial score (nSPS) is 12.7. The molecule has 102 valence electrons. The summed E-state index contributed by atoms with van der Waals surface area (Å²) in [6.45, 7) is 1.67. The van der Waals surface area contributed by atoms with Gasteiger partial charge in [0.05, 0.1) is 21.1 Å². The predicted molar refractivity (Wildman–Crippen MR) is 69.7 cm³/mol. The highest BCUT2D eigenvalue weighted by Crippen LogP contribution is 2.23. The fraction of sp³-hybridized carbons (Fsp3) is 0.364. The average Bonchev–Trinajstić information content (AvgIpc) is 2.37.